The van der Waals surface area contributed by atoms with E-state index in [2.05, 4.69) is 6.07 Å². The van der Waals surface area contributed by atoms with E-state index in [1.165, 1.54) is 0 Å². The van der Waals surface area contributed by atoms with Crippen LogP contribution in [0.15, 0.2) is 36.4 Å². The molecule has 0 aliphatic heterocycles. The molecule has 0 atom stereocenters. The Morgan fingerprint density at radius 1 is 1.17 bits per heavy atom. The van der Waals surface area contributed by atoms with Crippen LogP contribution in [0.25, 0.3) is 10.8 Å². The second-order valence-electron chi connectivity index (χ2n) is 2.65. The van der Waals surface area contributed by atoms with Crippen LogP contribution in [0, 0.1) is 6.07 Å². The van der Waals surface area contributed by atoms with Crippen LogP contribution in [0.4, 0.5) is 0 Å². The summed E-state index contributed by atoms with van der Waals surface area (Å²) in [5, 5.41) is 2.20. The van der Waals surface area contributed by atoms with E-state index in [0.717, 1.165) is 17.1 Å². The summed E-state index contributed by atoms with van der Waals surface area (Å²) in [5.41, 5.74) is 0.716. The standard InChI is InChI=1S/C11H7O/c12-8-9-5-6-10-3-1-2-4-11(10)7-9/h2-8H. The second kappa shape index (κ2) is 2.78. The number of hydrogen-bond acceptors (Lipinski definition) is 1. The number of benzene rings is 2. The zero-order chi connectivity index (χ0) is 8.39. The molecule has 0 saturated heterocycles. The predicted octanol–water partition coefficient (Wildman–Crippen LogP) is 2.45. The third-order valence-electron chi connectivity index (χ3n) is 1.84. The Labute approximate surface area is 70.6 Å². The zero-order valence-electron chi connectivity index (χ0n) is 6.45. The minimum Gasteiger partial charge on any atom is -0.298 e. The average molecular weight is 155 g/mol. The van der Waals surface area contributed by atoms with Crippen molar-refractivity contribution in [3.63, 3.8) is 0 Å². The lowest BCUT2D eigenvalue weighted by molar-refractivity contribution is 0.112. The molecule has 0 N–H and O–H groups in total. The molecule has 2 rings (SSSR count). The quantitative estimate of drug-likeness (QED) is 0.578. The molecular formula is C11H7O. The molecular weight excluding hydrogens is 148 g/mol. The number of fused-ring (bicyclic) bond motifs is 1. The number of hydrogen-bond donors (Lipinski definition) is 0. The summed E-state index contributed by atoms with van der Waals surface area (Å²) < 4.78 is 0. The molecule has 0 aliphatic rings. The summed E-state index contributed by atoms with van der Waals surface area (Å²) in [6.07, 6.45) is 0.857. The van der Waals surface area contributed by atoms with Gasteiger partial charge in [-0.15, -0.1) is 0 Å². The third-order valence-corrected chi connectivity index (χ3v) is 1.84. The first-order valence-corrected chi connectivity index (χ1v) is 3.75. The molecule has 1 nitrogen and oxygen atoms in total. The van der Waals surface area contributed by atoms with E-state index in [1.807, 2.05) is 36.4 Å². The number of carbonyl (C=O) groups excluding carboxylic acids is 1. The van der Waals surface area contributed by atoms with Crippen LogP contribution in [0.2, 0.25) is 0 Å². The van der Waals surface area contributed by atoms with E-state index in [9.17, 15) is 4.79 Å². The Kier molecular flexibility index (Phi) is 1.63. The normalized spacial score (nSPS) is 10.0. The molecule has 0 aliphatic carbocycles. The highest BCUT2D eigenvalue weighted by atomic mass is 16.1. The van der Waals surface area contributed by atoms with Gasteiger partial charge in [0.15, 0.2) is 0 Å². The van der Waals surface area contributed by atoms with Crippen LogP contribution in [0.1, 0.15) is 10.4 Å². The minimum absolute atomic E-state index is 0.716. The van der Waals surface area contributed by atoms with Crippen molar-refractivity contribution in [2.24, 2.45) is 0 Å². The highest BCUT2D eigenvalue weighted by Crippen LogP contribution is 2.13. The Hall–Kier alpha value is -1.63. The van der Waals surface area contributed by atoms with Gasteiger partial charge in [0, 0.05) is 5.56 Å². The Morgan fingerprint density at radius 2 is 2.08 bits per heavy atom. The number of aldehydes is 1. The van der Waals surface area contributed by atoms with E-state index in [-0.39, 0.29) is 0 Å². The molecule has 0 spiro atoms. The van der Waals surface area contributed by atoms with E-state index in [0.29, 0.717) is 5.56 Å². The molecule has 1 radical (unpaired) electrons. The molecule has 1 heteroatoms. The molecule has 0 bridgehead atoms. The maximum atomic E-state index is 10.4. The molecule has 0 saturated carbocycles. The highest BCUT2D eigenvalue weighted by molar-refractivity contribution is 5.88. The van der Waals surface area contributed by atoms with Gasteiger partial charge in [0.1, 0.15) is 6.29 Å². The van der Waals surface area contributed by atoms with Gasteiger partial charge in [-0.1, -0.05) is 24.3 Å². The van der Waals surface area contributed by atoms with Gasteiger partial charge in [-0.2, -0.15) is 0 Å². The smallest absolute Gasteiger partial charge is 0.150 e. The summed E-state index contributed by atoms with van der Waals surface area (Å²) in [6, 6.07) is 14.3. The fourth-order valence-corrected chi connectivity index (χ4v) is 1.22. The molecule has 0 heterocycles. The molecule has 2 aromatic rings. The van der Waals surface area contributed by atoms with Crippen LogP contribution < -0.4 is 0 Å². The molecule has 0 unspecified atom stereocenters. The van der Waals surface area contributed by atoms with E-state index >= 15 is 0 Å². The van der Waals surface area contributed by atoms with Gasteiger partial charge in [-0.3, -0.25) is 4.79 Å². The molecule has 0 amide bonds. The monoisotopic (exact) mass is 155 g/mol. The van der Waals surface area contributed by atoms with Gasteiger partial charge < -0.3 is 0 Å². The first-order chi connectivity index (χ1) is 5.90. The van der Waals surface area contributed by atoms with Crippen LogP contribution in [-0.4, -0.2) is 6.29 Å². The minimum atomic E-state index is 0.716. The van der Waals surface area contributed by atoms with Gasteiger partial charge in [0.05, 0.1) is 0 Å². The van der Waals surface area contributed by atoms with Gasteiger partial charge in [-0.05, 0) is 29.0 Å². The number of carbonyl (C=O) groups is 1. The summed E-state index contributed by atoms with van der Waals surface area (Å²) in [4.78, 5) is 10.4. The van der Waals surface area contributed by atoms with Crippen LogP contribution in [0.5, 0.6) is 0 Å². The second-order valence-corrected chi connectivity index (χ2v) is 2.65. The summed E-state index contributed by atoms with van der Waals surface area (Å²) in [5.74, 6) is 0. The first kappa shape index (κ1) is 7.04. The van der Waals surface area contributed by atoms with E-state index < -0.39 is 0 Å². The molecule has 57 valence electrons. The summed E-state index contributed by atoms with van der Waals surface area (Å²) in [6.45, 7) is 0. The zero-order valence-corrected chi connectivity index (χ0v) is 6.45. The van der Waals surface area contributed by atoms with Crippen molar-refractivity contribution in [2.45, 2.75) is 0 Å². The van der Waals surface area contributed by atoms with Crippen molar-refractivity contribution in [2.75, 3.05) is 0 Å². The maximum Gasteiger partial charge on any atom is 0.150 e. The molecule has 0 aromatic heterocycles. The predicted molar refractivity (Wildman–Crippen MR) is 48.2 cm³/mol. The average Bonchev–Trinajstić information content (AvgIpc) is 2.17. The van der Waals surface area contributed by atoms with Crippen LogP contribution in [0.3, 0.4) is 0 Å². The Morgan fingerprint density at radius 3 is 2.92 bits per heavy atom. The van der Waals surface area contributed by atoms with Gasteiger partial charge in [-0.25, -0.2) is 0 Å². The lowest BCUT2D eigenvalue weighted by atomic mass is 10.1. The van der Waals surface area contributed by atoms with Gasteiger partial charge in [0.25, 0.3) is 0 Å². The number of rotatable bonds is 1. The molecule has 2 aromatic carbocycles. The first-order valence-electron chi connectivity index (χ1n) is 3.75. The van der Waals surface area contributed by atoms with E-state index in [4.69, 9.17) is 0 Å². The van der Waals surface area contributed by atoms with Crippen LogP contribution >= 0.6 is 0 Å². The lowest BCUT2D eigenvalue weighted by Gasteiger charge is -1.96. The SMILES string of the molecule is O=Cc1ccc2c[c]ccc2c1. The maximum absolute atomic E-state index is 10.4. The summed E-state index contributed by atoms with van der Waals surface area (Å²) in [7, 11) is 0. The molecule has 12 heavy (non-hydrogen) atoms. The third kappa shape index (κ3) is 1.10. The van der Waals surface area contributed by atoms with Crippen molar-refractivity contribution in [3.8, 4) is 0 Å². The summed E-state index contributed by atoms with van der Waals surface area (Å²) >= 11 is 0. The van der Waals surface area contributed by atoms with Crippen molar-refractivity contribution in [3.05, 3.63) is 48.0 Å². The lowest BCUT2D eigenvalue weighted by Crippen LogP contribution is -1.78. The Bertz CT molecular complexity index is 418. The Balaban J connectivity index is 2.75. The fourth-order valence-electron chi connectivity index (χ4n) is 1.22. The fraction of sp³-hybridized carbons (Fsp3) is 0. The van der Waals surface area contributed by atoms with Gasteiger partial charge >= 0.3 is 0 Å². The van der Waals surface area contributed by atoms with Crippen molar-refractivity contribution in [1.29, 1.82) is 0 Å². The highest BCUT2D eigenvalue weighted by Gasteiger charge is 1.92. The van der Waals surface area contributed by atoms with Crippen LogP contribution in [-0.2, 0) is 0 Å². The van der Waals surface area contributed by atoms with Crippen molar-refractivity contribution in [1.82, 2.24) is 0 Å². The van der Waals surface area contributed by atoms with Crippen molar-refractivity contribution >= 4 is 17.1 Å². The van der Waals surface area contributed by atoms with Crippen molar-refractivity contribution < 1.29 is 4.79 Å². The largest absolute Gasteiger partial charge is 0.298 e. The topological polar surface area (TPSA) is 17.1 Å². The van der Waals surface area contributed by atoms with Gasteiger partial charge in [0.2, 0.25) is 0 Å². The molecule has 0 fully saturated rings. The van der Waals surface area contributed by atoms with E-state index in [1.54, 1.807) is 0 Å².